The van der Waals surface area contributed by atoms with Gasteiger partial charge < -0.3 is 14.8 Å². The number of aromatic nitrogens is 2. The number of nitrogens with zero attached hydrogens (tertiary/aromatic N) is 2. The second-order valence-electron chi connectivity index (χ2n) is 7.14. The largest absolute Gasteiger partial charge is 0.457 e. The van der Waals surface area contributed by atoms with Crippen LogP contribution in [0.25, 0.3) is 10.8 Å². The lowest BCUT2D eigenvalue weighted by atomic mass is 10.1. The topological polar surface area (TPSA) is 82.4 Å². The zero-order chi connectivity index (χ0) is 22.3. The van der Waals surface area contributed by atoms with Crippen molar-refractivity contribution in [2.75, 3.05) is 13.7 Å². The lowest BCUT2D eigenvalue weighted by molar-refractivity contribution is 0.0950. The summed E-state index contributed by atoms with van der Waals surface area (Å²) >= 11 is 0. The normalized spacial score (nSPS) is 10.8. The Morgan fingerprint density at radius 3 is 2.28 bits per heavy atom. The summed E-state index contributed by atoms with van der Waals surface area (Å²) in [4.78, 5) is 25.3. The van der Waals surface area contributed by atoms with Crippen LogP contribution in [0.3, 0.4) is 0 Å². The molecule has 162 valence electrons. The number of ether oxygens (including phenoxy) is 2. The SMILES string of the molecule is COCCn1nc(CNC(=O)c2ccc(Oc3ccccc3)cc2)c2ccccc2c1=O. The maximum atomic E-state index is 12.7. The predicted molar refractivity (Wildman–Crippen MR) is 122 cm³/mol. The van der Waals surface area contributed by atoms with Gasteiger partial charge in [0.05, 0.1) is 30.8 Å². The highest BCUT2D eigenvalue weighted by Gasteiger charge is 2.12. The van der Waals surface area contributed by atoms with Gasteiger partial charge in [-0.3, -0.25) is 9.59 Å². The first-order valence-corrected chi connectivity index (χ1v) is 10.2. The summed E-state index contributed by atoms with van der Waals surface area (Å²) in [7, 11) is 1.57. The molecule has 7 heteroatoms. The number of benzene rings is 3. The minimum atomic E-state index is -0.239. The van der Waals surface area contributed by atoms with E-state index in [4.69, 9.17) is 9.47 Å². The van der Waals surface area contributed by atoms with Crippen LogP contribution < -0.4 is 15.6 Å². The second kappa shape index (κ2) is 9.89. The van der Waals surface area contributed by atoms with Crippen molar-refractivity contribution in [2.24, 2.45) is 0 Å². The first-order valence-electron chi connectivity index (χ1n) is 10.2. The molecule has 0 saturated heterocycles. The number of carbonyl (C=O) groups is 1. The van der Waals surface area contributed by atoms with E-state index >= 15 is 0 Å². The first-order chi connectivity index (χ1) is 15.7. The summed E-state index contributed by atoms with van der Waals surface area (Å²) in [6.07, 6.45) is 0. The van der Waals surface area contributed by atoms with E-state index in [1.165, 1.54) is 4.68 Å². The average Bonchev–Trinajstić information content (AvgIpc) is 2.84. The van der Waals surface area contributed by atoms with Crippen molar-refractivity contribution in [1.29, 1.82) is 0 Å². The zero-order valence-electron chi connectivity index (χ0n) is 17.7. The van der Waals surface area contributed by atoms with Gasteiger partial charge in [-0.25, -0.2) is 4.68 Å². The zero-order valence-corrected chi connectivity index (χ0v) is 17.7. The third kappa shape index (κ3) is 4.84. The molecule has 4 rings (SSSR count). The Morgan fingerprint density at radius 1 is 0.906 bits per heavy atom. The molecule has 0 spiro atoms. The van der Waals surface area contributed by atoms with Gasteiger partial charge in [0.25, 0.3) is 11.5 Å². The highest BCUT2D eigenvalue weighted by atomic mass is 16.5. The minimum Gasteiger partial charge on any atom is -0.457 e. The second-order valence-corrected chi connectivity index (χ2v) is 7.14. The van der Waals surface area contributed by atoms with Gasteiger partial charge in [0.15, 0.2) is 0 Å². The van der Waals surface area contributed by atoms with Crippen LogP contribution in [0.15, 0.2) is 83.7 Å². The fourth-order valence-electron chi connectivity index (χ4n) is 3.33. The van der Waals surface area contributed by atoms with Crippen LogP contribution >= 0.6 is 0 Å². The molecular formula is C25H23N3O4. The van der Waals surface area contributed by atoms with E-state index < -0.39 is 0 Å². The molecule has 7 nitrogen and oxygen atoms in total. The maximum Gasteiger partial charge on any atom is 0.274 e. The molecule has 0 aliphatic rings. The number of nitrogens with one attached hydrogen (secondary N) is 1. The highest BCUT2D eigenvalue weighted by Crippen LogP contribution is 2.21. The average molecular weight is 429 g/mol. The number of rotatable bonds is 8. The van der Waals surface area contributed by atoms with Gasteiger partial charge in [-0.2, -0.15) is 5.10 Å². The molecule has 1 amide bonds. The van der Waals surface area contributed by atoms with E-state index in [9.17, 15) is 9.59 Å². The molecule has 0 aliphatic carbocycles. The molecular weight excluding hydrogens is 406 g/mol. The Hall–Kier alpha value is -3.97. The first kappa shape index (κ1) is 21.3. The van der Waals surface area contributed by atoms with E-state index in [-0.39, 0.29) is 18.0 Å². The van der Waals surface area contributed by atoms with Crippen LogP contribution in [0.4, 0.5) is 0 Å². The van der Waals surface area contributed by atoms with Crippen LogP contribution in [-0.2, 0) is 17.8 Å². The third-order valence-electron chi connectivity index (χ3n) is 4.96. The Kier molecular flexibility index (Phi) is 6.57. The van der Waals surface area contributed by atoms with Crippen LogP contribution in [0.1, 0.15) is 16.1 Å². The molecule has 1 aromatic heterocycles. The molecule has 32 heavy (non-hydrogen) atoms. The Balaban J connectivity index is 1.49. The van der Waals surface area contributed by atoms with Crippen molar-refractivity contribution in [3.63, 3.8) is 0 Å². The van der Waals surface area contributed by atoms with E-state index in [0.29, 0.717) is 35.5 Å². The lowest BCUT2D eigenvalue weighted by Crippen LogP contribution is -2.29. The fourth-order valence-corrected chi connectivity index (χ4v) is 3.33. The summed E-state index contributed by atoms with van der Waals surface area (Å²) < 4.78 is 12.2. The highest BCUT2D eigenvalue weighted by molar-refractivity contribution is 5.94. The fraction of sp³-hybridized carbons (Fsp3) is 0.160. The van der Waals surface area contributed by atoms with Crippen molar-refractivity contribution in [3.05, 3.63) is 100 Å². The molecule has 0 bridgehead atoms. The van der Waals surface area contributed by atoms with Gasteiger partial charge in [-0.1, -0.05) is 36.4 Å². The summed E-state index contributed by atoms with van der Waals surface area (Å²) in [5.41, 5.74) is 0.942. The molecule has 3 aromatic carbocycles. The van der Waals surface area contributed by atoms with E-state index in [1.807, 2.05) is 48.5 Å². The number of para-hydroxylation sites is 1. The summed E-state index contributed by atoms with van der Waals surface area (Å²) in [5.74, 6) is 1.13. The summed E-state index contributed by atoms with van der Waals surface area (Å²) in [6.45, 7) is 0.896. The number of hydrogen-bond donors (Lipinski definition) is 1. The van der Waals surface area contributed by atoms with E-state index in [0.717, 1.165) is 11.1 Å². The molecule has 4 aromatic rings. The summed E-state index contributed by atoms with van der Waals surface area (Å²) in [5, 5.41) is 8.63. The van der Waals surface area contributed by atoms with Crippen LogP contribution in [0, 0.1) is 0 Å². The van der Waals surface area contributed by atoms with Gasteiger partial charge in [0.1, 0.15) is 11.5 Å². The van der Waals surface area contributed by atoms with Crippen LogP contribution in [0.2, 0.25) is 0 Å². The maximum absolute atomic E-state index is 12.7. The minimum absolute atomic E-state index is 0.179. The number of methoxy groups -OCH3 is 1. The molecule has 0 unspecified atom stereocenters. The van der Waals surface area contributed by atoms with E-state index in [1.54, 1.807) is 37.4 Å². The Bertz CT molecular complexity index is 1270. The van der Waals surface area contributed by atoms with Crippen molar-refractivity contribution < 1.29 is 14.3 Å². The van der Waals surface area contributed by atoms with Crippen molar-refractivity contribution in [1.82, 2.24) is 15.1 Å². The lowest BCUT2D eigenvalue weighted by Gasteiger charge is -2.12. The number of carbonyl (C=O) groups excluding carboxylic acids is 1. The van der Waals surface area contributed by atoms with Gasteiger partial charge in [-0.05, 0) is 42.5 Å². The molecule has 0 fully saturated rings. The molecule has 1 N–H and O–H groups in total. The molecule has 1 heterocycles. The van der Waals surface area contributed by atoms with Crippen LogP contribution in [0.5, 0.6) is 11.5 Å². The van der Waals surface area contributed by atoms with Crippen molar-refractivity contribution >= 4 is 16.7 Å². The van der Waals surface area contributed by atoms with Gasteiger partial charge in [0.2, 0.25) is 0 Å². The Labute approximate surface area is 185 Å². The van der Waals surface area contributed by atoms with Gasteiger partial charge in [0, 0.05) is 18.1 Å². The quantitative estimate of drug-likeness (QED) is 0.461. The molecule has 0 saturated carbocycles. The number of fused-ring (bicyclic) bond motifs is 1. The van der Waals surface area contributed by atoms with Crippen LogP contribution in [-0.4, -0.2) is 29.4 Å². The molecule has 0 aliphatic heterocycles. The Morgan fingerprint density at radius 2 is 1.56 bits per heavy atom. The van der Waals surface area contributed by atoms with Gasteiger partial charge >= 0.3 is 0 Å². The standard InChI is InChI=1S/C25H23N3O4/c1-31-16-15-28-25(30)22-10-6-5-9-21(22)23(27-28)17-26-24(29)18-11-13-20(14-12-18)32-19-7-3-2-4-8-19/h2-14H,15-17H2,1H3,(H,26,29). The summed E-state index contributed by atoms with van der Waals surface area (Å²) in [6, 6.07) is 23.6. The number of amides is 1. The number of hydrogen-bond acceptors (Lipinski definition) is 5. The monoisotopic (exact) mass is 429 g/mol. The molecule has 0 atom stereocenters. The molecule has 0 radical (unpaired) electrons. The smallest absolute Gasteiger partial charge is 0.274 e. The van der Waals surface area contributed by atoms with Crippen molar-refractivity contribution in [2.45, 2.75) is 13.1 Å². The van der Waals surface area contributed by atoms with E-state index in [2.05, 4.69) is 10.4 Å². The predicted octanol–water partition coefficient (Wildman–Crippen LogP) is 3.77. The third-order valence-corrected chi connectivity index (χ3v) is 4.96. The van der Waals surface area contributed by atoms with Gasteiger partial charge in [-0.15, -0.1) is 0 Å². The van der Waals surface area contributed by atoms with Crippen molar-refractivity contribution in [3.8, 4) is 11.5 Å².